The average Bonchev–Trinajstić information content (AvgIpc) is 2.46. The first kappa shape index (κ1) is 21.2. The summed E-state index contributed by atoms with van der Waals surface area (Å²) >= 11 is 0. The van der Waals surface area contributed by atoms with E-state index in [0.717, 1.165) is 31.3 Å². The third-order valence-electron chi connectivity index (χ3n) is 3.50. The molecule has 0 aromatic heterocycles. The van der Waals surface area contributed by atoms with Crippen LogP contribution in [0, 0.1) is 0 Å². The molecule has 128 valence electrons. The minimum absolute atomic E-state index is 0.0743. The van der Waals surface area contributed by atoms with Crippen LogP contribution in [0.4, 0.5) is 0 Å². The van der Waals surface area contributed by atoms with Crippen molar-refractivity contribution in [2.24, 2.45) is 0 Å². The van der Waals surface area contributed by atoms with Gasteiger partial charge in [-0.05, 0) is 59.0 Å². The Balaban J connectivity index is 4.41. The predicted octanol–water partition coefficient (Wildman–Crippen LogP) is 5.78. The monoisotopic (exact) mass is 330 g/mol. The van der Waals surface area contributed by atoms with Crippen molar-refractivity contribution < 1.29 is 18.7 Å². The fourth-order valence-electron chi connectivity index (χ4n) is 1.89. The van der Waals surface area contributed by atoms with Crippen LogP contribution in [0.15, 0.2) is 34.6 Å². The lowest BCUT2D eigenvalue weighted by Gasteiger charge is -2.14. The summed E-state index contributed by atoms with van der Waals surface area (Å²) in [5.41, 5.74) is 3.52. The van der Waals surface area contributed by atoms with Gasteiger partial charge in [0.25, 0.3) is 0 Å². The van der Waals surface area contributed by atoms with E-state index in [9.17, 15) is 9.67 Å². The summed E-state index contributed by atoms with van der Waals surface area (Å²) in [5, 5.41) is 10.0. The van der Waals surface area contributed by atoms with Crippen LogP contribution >= 0.6 is 7.60 Å². The molecule has 0 fully saturated rings. The Labute approximate surface area is 135 Å². The Morgan fingerprint density at radius 1 is 1.00 bits per heavy atom. The first-order chi connectivity index (χ1) is 10.2. The van der Waals surface area contributed by atoms with Crippen molar-refractivity contribution in [1.29, 1.82) is 0 Å². The molecule has 22 heavy (non-hydrogen) atoms. The molecule has 5 heteroatoms. The predicted molar refractivity (Wildman–Crippen MR) is 93.5 cm³/mol. The zero-order valence-corrected chi connectivity index (χ0v) is 15.7. The summed E-state index contributed by atoms with van der Waals surface area (Å²) in [4.78, 5) is 0. The molecule has 0 aromatic rings. The van der Waals surface area contributed by atoms with Gasteiger partial charge < -0.3 is 14.2 Å². The number of aliphatic hydroxyl groups is 1. The second kappa shape index (κ2) is 10.8. The highest BCUT2D eigenvalue weighted by Gasteiger charge is 2.23. The van der Waals surface area contributed by atoms with Crippen LogP contribution in [-0.4, -0.2) is 25.5 Å². The molecule has 0 aliphatic carbocycles. The summed E-state index contributed by atoms with van der Waals surface area (Å²) in [7, 11) is -0.547. The molecule has 0 saturated heterocycles. The smallest absolute Gasteiger partial charge is 0.337 e. The van der Waals surface area contributed by atoms with Gasteiger partial charge >= 0.3 is 7.60 Å². The van der Waals surface area contributed by atoms with Gasteiger partial charge in [0, 0.05) is 14.2 Å². The summed E-state index contributed by atoms with van der Waals surface area (Å²) in [6.07, 6.45) is 8.08. The standard InChI is InChI=1S/C17H31O4P/c1-14(2)9-7-10-15(3)11-8-12-16(4)17(18)13-22(19,20-5)21-6/h9,11,18H,7-8,10,12-13H2,1-6H3/b15-11+,17-16-. The van der Waals surface area contributed by atoms with Gasteiger partial charge in [-0.3, -0.25) is 4.57 Å². The van der Waals surface area contributed by atoms with Crippen molar-refractivity contribution in [2.45, 2.75) is 53.4 Å². The van der Waals surface area contributed by atoms with E-state index in [0.29, 0.717) is 0 Å². The summed E-state index contributed by atoms with van der Waals surface area (Å²) in [6.45, 7) is 8.18. The molecule has 0 amide bonds. The Morgan fingerprint density at radius 3 is 2.05 bits per heavy atom. The average molecular weight is 330 g/mol. The van der Waals surface area contributed by atoms with E-state index >= 15 is 0 Å². The van der Waals surface area contributed by atoms with Gasteiger partial charge in [0.2, 0.25) is 0 Å². The van der Waals surface area contributed by atoms with E-state index in [-0.39, 0.29) is 11.9 Å². The van der Waals surface area contributed by atoms with Crippen LogP contribution in [0.5, 0.6) is 0 Å². The maximum atomic E-state index is 12.0. The quantitative estimate of drug-likeness (QED) is 0.313. The van der Waals surface area contributed by atoms with Crippen LogP contribution in [0.2, 0.25) is 0 Å². The molecule has 0 aliphatic heterocycles. The molecule has 0 spiro atoms. The van der Waals surface area contributed by atoms with Crippen molar-refractivity contribution >= 4 is 7.60 Å². The van der Waals surface area contributed by atoms with Crippen molar-refractivity contribution in [2.75, 3.05) is 20.4 Å². The van der Waals surface area contributed by atoms with E-state index in [1.54, 1.807) is 0 Å². The number of aliphatic hydroxyl groups excluding tert-OH is 1. The molecule has 0 bridgehead atoms. The summed E-state index contributed by atoms with van der Waals surface area (Å²) < 4.78 is 21.6. The zero-order chi connectivity index (χ0) is 17.2. The van der Waals surface area contributed by atoms with Crippen LogP contribution in [0.25, 0.3) is 0 Å². The fourth-order valence-corrected chi connectivity index (χ4v) is 2.94. The van der Waals surface area contributed by atoms with Crippen LogP contribution in [-0.2, 0) is 13.6 Å². The van der Waals surface area contributed by atoms with Gasteiger partial charge in [-0.15, -0.1) is 0 Å². The summed E-state index contributed by atoms with van der Waals surface area (Å²) in [6, 6.07) is 0. The molecule has 0 saturated carbocycles. The molecule has 0 rings (SSSR count). The van der Waals surface area contributed by atoms with Gasteiger partial charge in [0.05, 0.1) is 0 Å². The van der Waals surface area contributed by atoms with Gasteiger partial charge in [-0.1, -0.05) is 23.3 Å². The minimum Gasteiger partial charge on any atom is -0.512 e. The lowest BCUT2D eigenvalue weighted by atomic mass is 10.1. The first-order valence-electron chi connectivity index (χ1n) is 7.61. The molecule has 0 atom stereocenters. The van der Waals surface area contributed by atoms with Crippen molar-refractivity contribution in [3.8, 4) is 0 Å². The molecule has 0 heterocycles. The topological polar surface area (TPSA) is 55.8 Å². The Bertz CT molecular complexity index is 463. The van der Waals surface area contributed by atoms with E-state index in [1.165, 1.54) is 25.4 Å². The third-order valence-corrected chi connectivity index (χ3v) is 5.30. The van der Waals surface area contributed by atoms with Crippen LogP contribution in [0.1, 0.15) is 53.4 Å². The molecule has 0 radical (unpaired) electrons. The van der Waals surface area contributed by atoms with Gasteiger partial charge in [0.1, 0.15) is 11.9 Å². The first-order valence-corrected chi connectivity index (χ1v) is 9.34. The molecule has 0 aromatic carbocycles. The molecular weight excluding hydrogens is 299 g/mol. The Kier molecular flexibility index (Phi) is 10.4. The molecule has 0 unspecified atom stereocenters. The maximum absolute atomic E-state index is 12.0. The molecule has 4 nitrogen and oxygen atoms in total. The Morgan fingerprint density at radius 2 is 1.55 bits per heavy atom. The summed E-state index contributed by atoms with van der Waals surface area (Å²) in [5.74, 6) is 0.0997. The lowest BCUT2D eigenvalue weighted by molar-refractivity contribution is 0.271. The fraction of sp³-hybridized carbons (Fsp3) is 0.647. The maximum Gasteiger partial charge on any atom is 0.337 e. The van der Waals surface area contributed by atoms with Gasteiger partial charge in [0.15, 0.2) is 0 Å². The highest BCUT2D eigenvalue weighted by molar-refractivity contribution is 7.54. The molecular formula is C17H31O4P. The largest absolute Gasteiger partial charge is 0.512 e. The normalized spacial score (nSPS) is 13.8. The highest BCUT2D eigenvalue weighted by Crippen LogP contribution is 2.47. The van der Waals surface area contributed by atoms with E-state index < -0.39 is 7.60 Å². The number of rotatable bonds is 10. The number of allylic oxidation sites excluding steroid dienone is 6. The van der Waals surface area contributed by atoms with E-state index in [1.807, 2.05) is 6.92 Å². The van der Waals surface area contributed by atoms with Crippen LogP contribution < -0.4 is 0 Å². The molecule has 1 N–H and O–H groups in total. The SMILES string of the molecule is COP(=O)(C/C(O)=C(\C)CC/C=C(\C)CCC=C(C)C)OC. The highest BCUT2D eigenvalue weighted by atomic mass is 31.2. The van der Waals surface area contributed by atoms with Crippen molar-refractivity contribution in [1.82, 2.24) is 0 Å². The van der Waals surface area contributed by atoms with E-state index in [4.69, 9.17) is 9.05 Å². The van der Waals surface area contributed by atoms with Gasteiger partial charge in [-0.2, -0.15) is 0 Å². The van der Waals surface area contributed by atoms with Crippen molar-refractivity contribution in [3.63, 3.8) is 0 Å². The second-order valence-corrected chi connectivity index (χ2v) is 8.04. The number of hydrogen-bond donors (Lipinski definition) is 1. The Hall–Kier alpha value is -0.830. The zero-order valence-electron chi connectivity index (χ0n) is 14.8. The third kappa shape index (κ3) is 9.24. The van der Waals surface area contributed by atoms with Gasteiger partial charge in [-0.25, -0.2) is 0 Å². The van der Waals surface area contributed by atoms with E-state index in [2.05, 4.69) is 32.9 Å². The molecule has 0 aliphatic rings. The lowest BCUT2D eigenvalue weighted by Crippen LogP contribution is -2.00. The van der Waals surface area contributed by atoms with Crippen LogP contribution in [0.3, 0.4) is 0 Å². The number of hydrogen-bond acceptors (Lipinski definition) is 4. The minimum atomic E-state index is -3.20. The van der Waals surface area contributed by atoms with Crippen molar-refractivity contribution in [3.05, 3.63) is 34.6 Å². The second-order valence-electron chi connectivity index (χ2n) is 5.77.